The van der Waals surface area contributed by atoms with Crippen molar-refractivity contribution in [3.8, 4) is 0 Å². The van der Waals surface area contributed by atoms with E-state index in [1.807, 2.05) is 0 Å². The Balaban J connectivity index is 2.09. The molecule has 0 N–H and O–H groups in total. The van der Waals surface area contributed by atoms with Gasteiger partial charge in [0.25, 0.3) is 0 Å². The summed E-state index contributed by atoms with van der Waals surface area (Å²) in [5.74, 6) is 1.38. The van der Waals surface area contributed by atoms with Crippen LogP contribution in [0.1, 0.15) is 36.1 Å². The van der Waals surface area contributed by atoms with Gasteiger partial charge in [0.15, 0.2) is 0 Å². The summed E-state index contributed by atoms with van der Waals surface area (Å²) in [6, 6.07) is 4.79. The molecule has 2 aliphatic carbocycles. The van der Waals surface area contributed by atoms with Gasteiger partial charge in [0.2, 0.25) is 0 Å². The third-order valence-electron chi connectivity index (χ3n) is 3.69. The van der Waals surface area contributed by atoms with Crippen LogP contribution in [0.5, 0.6) is 0 Å². The smallest absolute Gasteiger partial charge is 0.0212 e. The second-order valence-electron chi connectivity index (χ2n) is 5.33. The molecular formula is C16H18. The normalized spacial score (nSPS) is 26.4. The maximum atomic E-state index is 2.40. The molecule has 2 unspecified atom stereocenters. The number of hydrogen-bond acceptors (Lipinski definition) is 0. The molecule has 0 nitrogen and oxygen atoms in total. The third kappa shape index (κ3) is 1.63. The topological polar surface area (TPSA) is 0 Å². The summed E-state index contributed by atoms with van der Waals surface area (Å²) >= 11 is 0. The van der Waals surface area contributed by atoms with E-state index in [0.29, 0.717) is 11.8 Å². The van der Waals surface area contributed by atoms with Crippen LogP contribution in [0.15, 0.2) is 24.3 Å². The Morgan fingerprint density at radius 2 is 1.25 bits per heavy atom. The van der Waals surface area contributed by atoms with Gasteiger partial charge in [-0.25, -0.2) is 0 Å². The van der Waals surface area contributed by atoms with Gasteiger partial charge in [-0.15, -0.1) is 0 Å². The number of fused-ring (bicyclic) bond motifs is 2. The van der Waals surface area contributed by atoms with Gasteiger partial charge < -0.3 is 0 Å². The van der Waals surface area contributed by atoms with Crippen molar-refractivity contribution in [3.05, 3.63) is 46.5 Å². The number of hydrogen-bond donors (Lipinski definition) is 0. The zero-order valence-electron chi connectivity index (χ0n) is 10.0. The first-order valence-corrected chi connectivity index (χ1v) is 6.24. The van der Waals surface area contributed by atoms with Gasteiger partial charge in [-0.2, -0.15) is 0 Å². The van der Waals surface area contributed by atoms with Crippen LogP contribution in [-0.4, -0.2) is 0 Å². The van der Waals surface area contributed by atoms with Gasteiger partial charge >= 0.3 is 0 Å². The van der Waals surface area contributed by atoms with E-state index in [1.54, 1.807) is 0 Å². The van der Waals surface area contributed by atoms with Crippen LogP contribution in [0.2, 0.25) is 0 Å². The molecule has 0 aromatic heterocycles. The molecule has 3 rings (SSSR count). The number of rotatable bonds is 0. The quantitative estimate of drug-likeness (QED) is 0.605. The lowest BCUT2D eigenvalue weighted by molar-refractivity contribution is 0.704. The van der Waals surface area contributed by atoms with Crippen LogP contribution >= 0.6 is 0 Å². The molecular weight excluding hydrogens is 192 g/mol. The molecule has 0 saturated carbocycles. The molecule has 0 radical (unpaired) electrons. The summed E-state index contributed by atoms with van der Waals surface area (Å²) in [5.41, 5.74) is 5.93. The van der Waals surface area contributed by atoms with Crippen molar-refractivity contribution in [1.29, 1.82) is 0 Å². The summed E-state index contributed by atoms with van der Waals surface area (Å²) in [6.07, 6.45) is 11.7. The van der Waals surface area contributed by atoms with Crippen molar-refractivity contribution < 1.29 is 0 Å². The maximum Gasteiger partial charge on any atom is -0.0212 e. The lowest BCUT2D eigenvalue weighted by atomic mass is 9.83. The standard InChI is InChI=1S/C16H18/c1-11-3-5-13-10-16-8-12(2)4-6-14(16)9-15(13)7-11/h3-6,9-12H,7-8H2,1-2H3. The van der Waals surface area contributed by atoms with E-state index in [4.69, 9.17) is 0 Å². The minimum Gasteiger partial charge on any atom is -0.0808 e. The Morgan fingerprint density at radius 3 is 1.69 bits per heavy atom. The summed E-state index contributed by atoms with van der Waals surface area (Å²) in [7, 11) is 0. The average molecular weight is 210 g/mol. The van der Waals surface area contributed by atoms with Crippen molar-refractivity contribution in [1.82, 2.24) is 0 Å². The van der Waals surface area contributed by atoms with Crippen LogP contribution in [0.4, 0.5) is 0 Å². The van der Waals surface area contributed by atoms with Gasteiger partial charge in [0, 0.05) is 0 Å². The predicted octanol–water partition coefficient (Wildman–Crippen LogP) is 4.10. The molecule has 0 heteroatoms. The minimum atomic E-state index is 0.692. The number of allylic oxidation sites excluding steroid dienone is 2. The molecule has 0 spiro atoms. The van der Waals surface area contributed by atoms with Crippen LogP contribution in [0.25, 0.3) is 12.2 Å². The van der Waals surface area contributed by atoms with Crippen LogP contribution in [-0.2, 0) is 12.8 Å². The molecule has 1 aromatic carbocycles. The fraction of sp³-hybridized carbons (Fsp3) is 0.375. The second kappa shape index (κ2) is 3.62. The van der Waals surface area contributed by atoms with Crippen molar-refractivity contribution in [2.24, 2.45) is 11.8 Å². The Morgan fingerprint density at radius 1 is 0.812 bits per heavy atom. The van der Waals surface area contributed by atoms with Gasteiger partial charge in [0.05, 0.1) is 0 Å². The Bertz CT molecular complexity index is 431. The van der Waals surface area contributed by atoms with Gasteiger partial charge in [-0.05, 0) is 46.9 Å². The Labute approximate surface area is 97.7 Å². The Kier molecular flexibility index (Phi) is 2.24. The van der Waals surface area contributed by atoms with E-state index in [2.05, 4.69) is 50.3 Å². The molecule has 0 fully saturated rings. The number of benzene rings is 1. The third-order valence-corrected chi connectivity index (χ3v) is 3.69. The van der Waals surface area contributed by atoms with Gasteiger partial charge in [0.1, 0.15) is 0 Å². The molecule has 2 atom stereocenters. The van der Waals surface area contributed by atoms with E-state index >= 15 is 0 Å². The molecule has 0 amide bonds. The zero-order chi connectivity index (χ0) is 11.1. The predicted molar refractivity (Wildman–Crippen MR) is 70.2 cm³/mol. The largest absolute Gasteiger partial charge is 0.0808 e. The average Bonchev–Trinajstić information content (AvgIpc) is 2.26. The van der Waals surface area contributed by atoms with E-state index in [9.17, 15) is 0 Å². The summed E-state index contributed by atoms with van der Waals surface area (Å²) < 4.78 is 0. The molecule has 0 saturated heterocycles. The highest BCUT2D eigenvalue weighted by Gasteiger charge is 2.15. The highest BCUT2D eigenvalue weighted by molar-refractivity contribution is 5.66. The maximum absolute atomic E-state index is 2.40. The van der Waals surface area contributed by atoms with E-state index in [-0.39, 0.29) is 0 Å². The molecule has 82 valence electrons. The van der Waals surface area contributed by atoms with Crippen molar-refractivity contribution in [2.45, 2.75) is 26.7 Å². The van der Waals surface area contributed by atoms with Gasteiger partial charge in [-0.3, -0.25) is 0 Å². The first-order chi connectivity index (χ1) is 7.72. The minimum absolute atomic E-state index is 0.692. The van der Waals surface area contributed by atoms with Crippen molar-refractivity contribution >= 4 is 12.2 Å². The van der Waals surface area contributed by atoms with Crippen LogP contribution in [0, 0.1) is 11.8 Å². The molecule has 16 heavy (non-hydrogen) atoms. The lowest BCUT2D eigenvalue weighted by Gasteiger charge is -2.22. The summed E-state index contributed by atoms with van der Waals surface area (Å²) in [5, 5.41) is 0. The van der Waals surface area contributed by atoms with E-state index in [1.165, 1.54) is 35.1 Å². The first kappa shape index (κ1) is 9.89. The monoisotopic (exact) mass is 210 g/mol. The zero-order valence-corrected chi connectivity index (χ0v) is 10.0. The molecule has 0 aliphatic heterocycles. The second-order valence-corrected chi connectivity index (χ2v) is 5.33. The fourth-order valence-corrected chi connectivity index (χ4v) is 2.76. The molecule has 0 bridgehead atoms. The SMILES string of the molecule is CC1C=Cc2cc3c(cc2C1)C=CC(C)C3. The molecule has 1 aromatic rings. The van der Waals surface area contributed by atoms with Gasteiger partial charge in [-0.1, -0.05) is 50.3 Å². The molecule has 2 aliphatic rings. The van der Waals surface area contributed by atoms with Crippen LogP contribution in [0.3, 0.4) is 0 Å². The van der Waals surface area contributed by atoms with Crippen molar-refractivity contribution in [3.63, 3.8) is 0 Å². The Hall–Kier alpha value is -1.30. The molecule has 0 heterocycles. The first-order valence-electron chi connectivity index (χ1n) is 6.24. The van der Waals surface area contributed by atoms with Crippen LogP contribution < -0.4 is 0 Å². The van der Waals surface area contributed by atoms with E-state index in [0.717, 1.165) is 0 Å². The van der Waals surface area contributed by atoms with E-state index < -0.39 is 0 Å². The van der Waals surface area contributed by atoms with Crippen molar-refractivity contribution in [2.75, 3.05) is 0 Å². The lowest BCUT2D eigenvalue weighted by Crippen LogP contribution is -2.08. The summed E-state index contributed by atoms with van der Waals surface area (Å²) in [6.45, 7) is 4.58. The highest BCUT2D eigenvalue weighted by Crippen LogP contribution is 2.30. The highest BCUT2D eigenvalue weighted by atomic mass is 14.2. The summed E-state index contributed by atoms with van der Waals surface area (Å²) in [4.78, 5) is 0. The fourth-order valence-electron chi connectivity index (χ4n) is 2.76.